The summed E-state index contributed by atoms with van der Waals surface area (Å²) in [6.45, 7) is 2.30. The van der Waals surface area contributed by atoms with E-state index in [1.54, 1.807) is 12.8 Å². The molecule has 1 aliphatic carbocycles. The fourth-order valence-electron chi connectivity index (χ4n) is 3.17. The Morgan fingerprint density at radius 2 is 1.44 bits per heavy atom. The summed E-state index contributed by atoms with van der Waals surface area (Å²) in [7, 11) is 1.25. The van der Waals surface area contributed by atoms with Crippen LogP contribution in [0.4, 0.5) is 0 Å². The first kappa shape index (κ1) is 16.5. The van der Waals surface area contributed by atoms with Gasteiger partial charge in [-0.15, -0.1) is 8.58 Å². The zero-order chi connectivity index (χ0) is 12.9. The molecule has 1 fully saturated rings. The van der Waals surface area contributed by atoms with Gasteiger partial charge < -0.3 is 0 Å². The molecule has 0 aliphatic heterocycles. The predicted octanol–water partition coefficient (Wildman–Crippen LogP) is 6.39. The molecule has 0 aromatic carbocycles. The molecule has 0 spiro atoms. The van der Waals surface area contributed by atoms with Gasteiger partial charge in [0.1, 0.15) is 0 Å². The third-order valence-corrected chi connectivity index (χ3v) is 5.93. The maximum atomic E-state index is 2.30. The molecule has 0 bridgehead atoms. The van der Waals surface area contributed by atoms with Crippen molar-refractivity contribution in [3.63, 3.8) is 0 Å². The van der Waals surface area contributed by atoms with E-state index in [-0.39, 0.29) is 0 Å². The van der Waals surface area contributed by atoms with Crippen molar-refractivity contribution < 1.29 is 0 Å². The summed E-state index contributed by atoms with van der Waals surface area (Å²) in [6, 6.07) is 0. The molecule has 1 aliphatic rings. The molecule has 1 unspecified atom stereocenters. The van der Waals surface area contributed by atoms with Crippen molar-refractivity contribution in [3.05, 3.63) is 0 Å². The Morgan fingerprint density at radius 1 is 0.778 bits per heavy atom. The van der Waals surface area contributed by atoms with Crippen molar-refractivity contribution >= 4 is 8.58 Å². The maximum absolute atomic E-state index is 2.30. The highest BCUT2D eigenvalue weighted by Crippen LogP contribution is 2.28. The second-order valence-corrected chi connectivity index (χ2v) is 7.66. The summed E-state index contributed by atoms with van der Waals surface area (Å²) in [5.41, 5.74) is 0. The van der Waals surface area contributed by atoms with E-state index in [4.69, 9.17) is 0 Å². The standard InChI is InChI=1S/C17H35P/c1-2-15-18-16-11-6-4-3-5-8-12-17-13-9-7-10-14-17/h17-18H,2-16H2,1H3. The molecule has 108 valence electrons. The van der Waals surface area contributed by atoms with Gasteiger partial charge in [0.2, 0.25) is 0 Å². The van der Waals surface area contributed by atoms with Gasteiger partial charge in [0, 0.05) is 0 Å². The number of hydrogen-bond acceptors (Lipinski definition) is 0. The average molecular weight is 270 g/mol. The lowest BCUT2D eigenvalue weighted by atomic mass is 9.85. The SMILES string of the molecule is CCCPCCCCCCCCC1CCCCC1. The highest BCUT2D eigenvalue weighted by Gasteiger charge is 2.12. The van der Waals surface area contributed by atoms with Crippen molar-refractivity contribution in [1.82, 2.24) is 0 Å². The summed E-state index contributed by atoms with van der Waals surface area (Å²) in [6.07, 6.45) is 22.6. The zero-order valence-corrected chi connectivity index (χ0v) is 13.7. The maximum Gasteiger partial charge on any atom is -0.0353 e. The molecule has 1 atom stereocenters. The molecular formula is C17H35P. The Morgan fingerprint density at radius 3 is 2.17 bits per heavy atom. The van der Waals surface area contributed by atoms with Crippen LogP contribution in [0, 0.1) is 5.92 Å². The average Bonchev–Trinajstić information content (AvgIpc) is 2.42. The lowest BCUT2D eigenvalue weighted by molar-refractivity contribution is 0.328. The van der Waals surface area contributed by atoms with Crippen molar-refractivity contribution in [1.29, 1.82) is 0 Å². The molecule has 0 N–H and O–H groups in total. The van der Waals surface area contributed by atoms with Crippen LogP contribution in [0.3, 0.4) is 0 Å². The summed E-state index contributed by atoms with van der Waals surface area (Å²) >= 11 is 0. The van der Waals surface area contributed by atoms with Crippen LogP contribution >= 0.6 is 8.58 Å². The minimum absolute atomic E-state index is 1.11. The van der Waals surface area contributed by atoms with Gasteiger partial charge in [-0.05, 0) is 24.7 Å². The fraction of sp³-hybridized carbons (Fsp3) is 1.00. The first-order valence-corrected chi connectivity index (χ1v) is 10.1. The molecular weight excluding hydrogens is 235 g/mol. The number of hydrogen-bond donors (Lipinski definition) is 0. The molecule has 1 saturated carbocycles. The van der Waals surface area contributed by atoms with Crippen molar-refractivity contribution in [2.24, 2.45) is 5.92 Å². The van der Waals surface area contributed by atoms with Crippen LogP contribution in [0.2, 0.25) is 0 Å². The van der Waals surface area contributed by atoms with Gasteiger partial charge in [-0.1, -0.05) is 84.0 Å². The highest BCUT2D eigenvalue weighted by atomic mass is 31.1. The third kappa shape index (κ3) is 9.37. The molecule has 0 nitrogen and oxygen atoms in total. The largest absolute Gasteiger partial charge is 0.122 e. The highest BCUT2D eigenvalue weighted by molar-refractivity contribution is 7.37. The minimum atomic E-state index is 1.11. The van der Waals surface area contributed by atoms with E-state index in [0.29, 0.717) is 0 Å². The summed E-state index contributed by atoms with van der Waals surface area (Å²) in [5, 5.41) is 0. The second-order valence-electron chi connectivity index (χ2n) is 6.16. The van der Waals surface area contributed by atoms with E-state index >= 15 is 0 Å². The summed E-state index contributed by atoms with van der Waals surface area (Å²) in [5.74, 6) is 1.11. The van der Waals surface area contributed by atoms with Crippen LogP contribution in [0.15, 0.2) is 0 Å². The normalized spacial score (nSPS) is 17.8. The van der Waals surface area contributed by atoms with E-state index in [1.807, 2.05) is 0 Å². The van der Waals surface area contributed by atoms with E-state index in [9.17, 15) is 0 Å². The van der Waals surface area contributed by atoms with Crippen LogP contribution in [0.1, 0.15) is 90.4 Å². The third-order valence-electron chi connectivity index (χ3n) is 4.37. The van der Waals surface area contributed by atoms with E-state index < -0.39 is 0 Å². The van der Waals surface area contributed by atoms with Crippen molar-refractivity contribution in [2.75, 3.05) is 12.3 Å². The van der Waals surface area contributed by atoms with Crippen LogP contribution < -0.4 is 0 Å². The van der Waals surface area contributed by atoms with Gasteiger partial charge in [0.05, 0.1) is 0 Å². The van der Waals surface area contributed by atoms with Gasteiger partial charge in [0.25, 0.3) is 0 Å². The van der Waals surface area contributed by atoms with Crippen LogP contribution in [-0.4, -0.2) is 12.3 Å². The molecule has 1 heteroatoms. The van der Waals surface area contributed by atoms with E-state index in [2.05, 4.69) is 6.92 Å². The van der Waals surface area contributed by atoms with Gasteiger partial charge in [0.15, 0.2) is 0 Å². The minimum Gasteiger partial charge on any atom is -0.122 e. The Labute approximate surface area is 117 Å². The fourth-order valence-corrected chi connectivity index (χ4v) is 4.27. The monoisotopic (exact) mass is 270 g/mol. The van der Waals surface area contributed by atoms with Crippen LogP contribution in [0.5, 0.6) is 0 Å². The van der Waals surface area contributed by atoms with Crippen molar-refractivity contribution in [2.45, 2.75) is 90.4 Å². The molecule has 0 saturated heterocycles. The Bertz CT molecular complexity index is 161. The van der Waals surface area contributed by atoms with E-state index in [0.717, 1.165) is 5.92 Å². The molecule has 0 heterocycles. The molecule has 0 aromatic rings. The first-order valence-electron chi connectivity index (χ1n) is 8.64. The quantitative estimate of drug-likeness (QED) is 0.301. The molecule has 0 radical (unpaired) electrons. The lowest BCUT2D eigenvalue weighted by Crippen LogP contribution is -2.05. The van der Waals surface area contributed by atoms with Crippen LogP contribution in [0.25, 0.3) is 0 Å². The first-order chi connectivity index (χ1) is 8.93. The lowest BCUT2D eigenvalue weighted by Gasteiger charge is -2.21. The van der Waals surface area contributed by atoms with Crippen LogP contribution in [-0.2, 0) is 0 Å². The van der Waals surface area contributed by atoms with Gasteiger partial charge in [-0.25, -0.2) is 0 Å². The van der Waals surface area contributed by atoms with Gasteiger partial charge in [-0.2, -0.15) is 0 Å². The van der Waals surface area contributed by atoms with Gasteiger partial charge in [-0.3, -0.25) is 0 Å². The second kappa shape index (κ2) is 12.5. The summed E-state index contributed by atoms with van der Waals surface area (Å²) < 4.78 is 0. The number of rotatable bonds is 11. The van der Waals surface area contributed by atoms with Crippen molar-refractivity contribution in [3.8, 4) is 0 Å². The molecule has 0 amide bonds. The Hall–Kier alpha value is 0.430. The molecule has 1 rings (SSSR count). The topological polar surface area (TPSA) is 0 Å². The Kier molecular flexibility index (Phi) is 11.4. The molecule has 0 aromatic heterocycles. The molecule has 18 heavy (non-hydrogen) atoms. The zero-order valence-electron chi connectivity index (χ0n) is 12.7. The summed E-state index contributed by atoms with van der Waals surface area (Å²) in [4.78, 5) is 0. The number of unbranched alkanes of at least 4 members (excludes halogenated alkanes) is 5. The smallest absolute Gasteiger partial charge is 0.0353 e. The van der Waals surface area contributed by atoms with E-state index in [1.165, 1.54) is 91.5 Å². The van der Waals surface area contributed by atoms with Gasteiger partial charge >= 0.3 is 0 Å². The predicted molar refractivity (Wildman–Crippen MR) is 87.2 cm³/mol. The Balaban J connectivity index is 1.73.